The normalized spacial score (nSPS) is 12.5. The van der Waals surface area contributed by atoms with Crippen LogP contribution in [0.5, 0.6) is 11.5 Å². The van der Waals surface area contributed by atoms with E-state index in [1.807, 2.05) is 38.1 Å². The van der Waals surface area contributed by atoms with Gasteiger partial charge in [0.25, 0.3) is 0 Å². The van der Waals surface area contributed by atoms with Crippen LogP contribution in [0.4, 0.5) is 0 Å². The van der Waals surface area contributed by atoms with Crippen LogP contribution < -0.4 is 10.4 Å². The predicted octanol–water partition coefficient (Wildman–Crippen LogP) is 6.12. The van der Waals surface area contributed by atoms with E-state index < -0.39 is 17.2 Å². The molecule has 2 aromatic rings. The zero-order valence-corrected chi connectivity index (χ0v) is 21.8. The summed E-state index contributed by atoms with van der Waals surface area (Å²) in [4.78, 5) is 36.7. The first-order chi connectivity index (χ1) is 17.2. The Morgan fingerprint density at radius 3 is 2.58 bits per heavy atom. The van der Waals surface area contributed by atoms with Crippen LogP contribution in [0.25, 0.3) is 6.08 Å². The smallest absolute Gasteiger partial charge is 0.351 e. The van der Waals surface area contributed by atoms with Crippen molar-refractivity contribution in [1.29, 1.82) is 0 Å². The van der Waals surface area contributed by atoms with Crippen LogP contribution in [0.3, 0.4) is 0 Å². The third-order valence-corrected chi connectivity index (χ3v) is 5.85. The summed E-state index contributed by atoms with van der Waals surface area (Å²) in [7, 11) is 1.33. The van der Waals surface area contributed by atoms with E-state index in [4.69, 9.17) is 9.15 Å². The molecule has 0 saturated heterocycles. The molecule has 1 heterocycles. The number of carbonyl (C=O) groups excluding carboxylic acids is 2. The minimum absolute atomic E-state index is 0.173. The molecule has 2 rings (SSSR count). The van der Waals surface area contributed by atoms with E-state index in [0.717, 1.165) is 29.7 Å². The maximum absolute atomic E-state index is 13.0. The molecular formula is C29H36O7. The number of aromatic hydroxyl groups is 1. The molecular weight excluding hydrogens is 460 g/mol. The van der Waals surface area contributed by atoms with E-state index in [1.165, 1.54) is 13.2 Å². The van der Waals surface area contributed by atoms with Gasteiger partial charge in [-0.25, -0.2) is 4.79 Å². The van der Waals surface area contributed by atoms with Crippen molar-refractivity contribution >= 4 is 17.8 Å². The summed E-state index contributed by atoms with van der Waals surface area (Å²) in [6.07, 6.45) is 8.76. The van der Waals surface area contributed by atoms with Gasteiger partial charge in [-0.1, -0.05) is 38.5 Å². The number of hydrogen-bond acceptors (Lipinski definition) is 7. The van der Waals surface area contributed by atoms with Gasteiger partial charge in [-0.05, 0) is 68.0 Å². The third-order valence-electron chi connectivity index (χ3n) is 5.85. The first kappa shape index (κ1) is 28.6. The monoisotopic (exact) mass is 496 g/mol. The number of benzene rings is 1. The first-order valence-electron chi connectivity index (χ1n) is 12.2. The number of carbonyl (C=O) groups is 2. The van der Waals surface area contributed by atoms with Gasteiger partial charge in [-0.2, -0.15) is 0 Å². The Labute approximate surface area is 212 Å². The van der Waals surface area contributed by atoms with Crippen LogP contribution >= 0.6 is 0 Å². The average molecular weight is 497 g/mol. The van der Waals surface area contributed by atoms with Gasteiger partial charge in [-0.15, -0.1) is 0 Å². The van der Waals surface area contributed by atoms with Gasteiger partial charge in [0, 0.05) is 12.0 Å². The van der Waals surface area contributed by atoms with Crippen molar-refractivity contribution in [3.8, 4) is 11.5 Å². The number of ether oxygens (including phenoxy) is 2. The lowest BCUT2D eigenvalue weighted by Gasteiger charge is -2.11. The van der Waals surface area contributed by atoms with Gasteiger partial charge >= 0.3 is 11.6 Å². The summed E-state index contributed by atoms with van der Waals surface area (Å²) in [6.45, 7) is 8.13. The van der Waals surface area contributed by atoms with Crippen molar-refractivity contribution in [3.05, 3.63) is 74.9 Å². The maximum atomic E-state index is 13.0. The molecule has 0 radical (unpaired) electrons. The standard InChI is InChI=1S/C29H36O7/c1-6-7-15-35-23-14-13-22(20(3)17-23)16-21(4)28(32)27-24(30)18-25(36-29(27)33)19(2)11-9-8-10-12-26(31)34-5/h8,10,13-14,16-19,30H,6-7,9,11-12,15H2,1-5H3/b10-8+,21-16?. The van der Waals surface area contributed by atoms with Gasteiger partial charge in [0.1, 0.15) is 22.8 Å². The summed E-state index contributed by atoms with van der Waals surface area (Å²) >= 11 is 0. The van der Waals surface area contributed by atoms with Crippen LogP contribution in [0.2, 0.25) is 0 Å². The Balaban J connectivity index is 2.12. The lowest BCUT2D eigenvalue weighted by atomic mass is 9.98. The van der Waals surface area contributed by atoms with Crippen molar-refractivity contribution in [2.24, 2.45) is 0 Å². The van der Waals surface area contributed by atoms with Crippen molar-refractivity contribution in [1.82, 2.24) is 0 Å². The SMILES string of the molecule is CCCCOc1ccc(C=C(C)C(=O)c2c(O)cc(C(C)CC/C=C/CC(=O)OC)oc2=O)c(C)c1. The van der Waals surface area contributed by atoms with Crippen LogP contribution in [-0.2, 0) is 9.53 Å². The fourth-order valence-corrected chi connectivity index (χ4v) is 3.55. The van der Waals surface area contributed by atoms with E-state index in [1.54, 1.807) is 19.1 Å². The molecule has 0 saturated carbocycles. The minimum atomic E-state index is -0.868. The highest BCUT2D eigenvalue weighted by Gasteiger charge is 2.22. The molecule has 7 heteroatoms. The molecule has 194 valence electrons. The average Bonchev–Trinajstić information content (AvgIpc) is 2.84. The first-order valence-corrected chi connectivity index (χ1v) is 12.2. The Morgan fingerprint density at radius 2 is 1.94 bits per heavy atom. The van der Waals surface area contributed by atoms with E-state index in [-0.39, 0.29) is 23.9 Å². The zero-order chi connectivity index (χ0) is 26.7. The molecule has 7 nitrogen and oxygen atoms in total. The van der Waals surface area contributed by atoms with Crippen LogP contribution in [0.15, 0.2) is 51.2 Å². The molecule has 0 amide bonds. The van der Waals surface area contributed by atoms with E-state index >= 15 is 0 Å². The number of aryl methyl sites for hydroxylation is 1. The number of allylic oxidation sites excluding steroid dienone is 2. The van der Waals surface area contributed by atoms with Gasteiger partial charge < -0.3 is 19.0 Å². The van der Waals surface area contributed by atoms with Crippen molar-refractivity contribution < 1.29 is 28.6 Å². The van der Waals surface area contributed by atoms with E-state index in [0.29, 0.717) is 30.8 Å². The molecule has 0 aliphatic heterocycles. The van der Waals surface area contributed by atoms with Crippen molar-refractivity contribution in [2.75, 3.05) is 13.7 Å². The summed E-state index contributed by atoms with van der Waals surface area (Å²) in [5.41, 5.74) is 0.800. The largest absolute Gasteiger partial charge is 0.507 e. The van der Waals surface area contributed by atoms with E-state index in [9.17, 15) is 19.5 Å². The summed E-state index contributed by atoms with van der Waals surface area (Å²) < 4.78 is 15.7. The molecule has 0 fully saturated rings. The number of rotatable bonds is 13. The highest BCUT2D eigenvalue weighted by Crippen LogP contribution is 2.27. The van der Waals surface area contributed by atoms with E-state index in [2.05, 4.69) is 11.7 Å². The van der Waals surface area contributed by atoms with Crippen molar-refractivity contribution in [2.45, 2.75) is 65.7 Å². The Hall–Kier alpha value is -3.61. The molecule has 0 spiro atoms. The van der Waals surface area contributed by atoms with Gasteiger partial charge in [0.05, 0.1) is 20.1 Å². The third kappa shape index (κ3) is 8.26. The van der Waals surface area contributed by atoms with Gasteiger partial charge in [-0.3, -0.25) is 9.59 Å². The Kier molecular flexibility index (Phi) is 11.2. The number of esters is 1. The lowest BCUT2D eigenvalue weighted by Crippen LogP contribution is -2.16. The number of methoxy groups -OCH3 is 1. The topological polar surface area (TPSA) is 103 Å². The van der Waals surface area contributed by atoms with Gasteiger partial charge in [0.2, 0.25) is 0 Å². The second kappa shape index (κ2) is 14.1. The fourth-order valence-electron chi connectivity index (χ4n) is 3.55. The Bertz CT molecular complexity index is 1170. The summed E-state index contributed by atoms with van der Waals surface area (Å²) in [6, 6.07) is 6.95. The lowest BCUT2D eigenvalue weighted by molar-refractivity contribution is -0.139. The molecule has 0 bridgehead atoms. The van der Waals surface area contributed by atoms with Crippen molar-refractivity contribution in [3.63, 3.8) is 0 Å². The maximum Gasteiger partial charge on any atom is 0.351 e. The van der Waals surface area contributed by atoms with Crippen LogP contribution in [0, 0.1) is 6.92 Å². The molecule has 1 unspecified atom stereocenters. The molecule has 0 aliphatic rings. The number of hydrogen-bond donors (Lipinski definition) is 1. The number of Topliss-reactive ketones (excluding diaryl/α,β-unsaturated/α-hetero) is 1. The molecule has 1 aromatic heterocycles. The second-order valence-corrected chi connectivity index (χ2v) is 8.80. The zero-order valence-electron chi connectivity index (χ0n) is 21.8. The molecule has 0 aliphatic carbocycles. The quantitative estimate of drug-likeness (QED) is 0.117. The number of ketones is 1. The number of unbranched alkanes of at least 4 members (excludes halogenated alkanes) is 1. The highest BCUT2D eigenvalue weighted by molar-refractivity contribution is 6.12. The predicted molar refractivity (Wildman–Crippen MR) is 140 cm³/mol. The molecule has 1 atom stereocenters. The Morgan fingerprint density at radius 1 is 1.19 bits per heavy atom. The highest BCUT2D eigenvalue weighted by atomic mass is 16.5. The van der Waals surface area contributed by atoms with Crippen LogP contribution in [-0.4, -0.2) is 30.6 Å². The second-order valence-electron chi connectivity index (χ2n) is 8.80. The summed E-state index contributed by atoms with van der Waals surface area (Å²) in [5.74, 6) is -0.413. The fraction of sp³-hybridized carbons (Fsp3) is 0.414. The van der Waals surface area contributed by atoms with Gasteiger partial charge in [0.15, 0.2) is 5.78 Å². The molecule has 36 heavy (non-hydrogen) atoms. The van der Waals surface area contributed by atoms with Crippen LogP contribution in [0.1, 0.15) is 86.0 Å². The summed E-state index contributed by atoms with van der Waals surface area (Å²) in [5, 5.41) is 10.5. The molecule has 1 N–H and O–H groups in total. The minimum Gasteiger partial charge on any atom is -0.507 e. The molecule has 1 aromatic carbocycles.